The fourth-order valence-electron chi connectivity index (χ4n) is 3.53. The van der Waals surface area contributed by atoms with Gasteiger partial charge in [-0.15, -0.1) is 0 Å². The molecule has 1 aromatic carbocycles. The number of benzene rings is 1. The summed E-state index contributed by atoms with van der Waals surface area (Å²) in [6, 6.07) is 9.74. The molecule has 1 saturated carbocycles. The van der Waals surface area contributed by atoms with Crippen LogP contribution in [-0.2, 0) is 5.41 Å². The van der Waals surface area contributed by atoms with E-state index in [0.29, 0.717) is 6.04 Å². The number of hydrogen-bond donors (Lipinski definition) is 1. The first kappa shape index (κ1) is 15.6. The van der Waals surface area contributed by atoms with Crippen molar-refractivity contribution >= 4 is 0 Å². The fraction of sp³-hybridized carbons (Fsp3) is 0.684. The average Bonchev–Trinajstić information content (AvgIpc) is 2.34. The summed E-state index contributed by atoms with van der Waals surface area (Å²) in [5.41, 5.74) is 3.45. The zero-order valence-corrected chi connectivity index (χ0v) is 13.7. The molecule has 1 aliphatic rings. The number of rotatable bonds is 7. The normalized spacial score (nSPS) is 17.8. The van der Waals surface area contributed by atoms with E-state index in [2.05, 4.69) is 57.3 Å². The van der Waals surface area contributed by atoms with Crippen LogP contribution < -0.4 is 5.32 Å². The largest absolute Gasteiger partial charge is 0.314 e. The fourth-order valence-corrected chi connectivity index (χ4v) is 3.53. The van der Waals surface area contributed by atoms with Crippen molar-refractivity contribution in [3.63, 3.8) is 0 Å². The lowest BCUT2D eigenvalue weighted by molar-refractivity contribution is 0.371. The van der Waals surface area contributed by atoms with Crippen LogP contribution in [0.4, 0.5) is 0 Å². The van der Waals surface area contributed by atoms with Gasteiger partial charge in [-0.05, 0) is 61.6 Å². The van der Waals surface area contributed by atoms with Gasteiger partial charge in [-0.25, -0.2) is 0 Å². The first-order valence-corrected chi connectivity index (χ1v) is 8.37. The lowest BCUT2D eigenvalue weighted by atomic mass is 9.70. The molecule has 0 aromatic heterocycles. The van der Waals surface area contributed by atoms with E-state index in [1.807, 2.05) is 0 Å². The summed E-state index contributed by atoms with van der Waals surface area (Å²) in [7, 11) is 0. The van der Waals surface area contributed by atoms with E-state index in [4.69, 9.17) is 0 Å². The molecule has 0 spiro atoms. The van der Waals surface area contributed by atoms with Gasteiger partial charge in [-0.3, -0.25) is 0 Å². The summed E-state index contributed by atoms with van der Waals surface area (Å²) in [5, 5.41) is 3.63. The topological polar surface area (TPSA) is 12.0 Å². The van der Waals surface area contributed by atoms with Crippen molar-refractivity contribution in [2.75, 3.05) is 6.54 Å². The molecule has 0 radical (unpaired) electrons. The Kier molecular flexibility index (Phi) is 5.26. The molecule has 1 unspecified atom stereocenters. The maximum atomic E-state index is 3.63. The van der Waals surface area contributed by atoms with Gasteiger partial charge in [0.25, 0.3) is 0 Å². The Morgan fingerprint density at radius 1 is 1.25 bits per heavy atom. The highest BCUT2D eigenvalue weighted by Crippen LogP contribution is 2.42. The molecular weight excluding hydrogens is 242 g/mol. The van der Waals surface area contributed by atoms with Gasteiger partial charge in [-0.2, -0.15) is 0 Å². The highest BCUT2D eigenvalue weighted by molar-refractivity contribution is 5.37. The van der Waals surface area contributed by atoms with E-state index in [1.165, 1.54) is 32.1 Å². The van der Waals surface area contributed by atoms with Crippen LogP contribution in [0, 0.1) is 0 Å². The monoisotopic (exact) mass is 273 g/mol. The average molecular weight is 273 g/mol. The molecule has 1 nitrogen and oxygen atoms in total. The van der Waals surface area contributed by atoms with Crippen LogP contribution >= 0.6 is 0 Å². The van der Waals surface area contributed by atoms with Gasteiger partial charge in [0.05, 0.1) is 0 Å². The van der Waals surface area contributed by atoms with Crippen molar-refractivity contribution in [2.45, 2.75) is 77.2 Å². The molecule has 0 heterocycles. The van der Waals surface area contributed by atoms with E-state index in [1.54, 1.807) is 11.1 Å². The zero-order valence-electron chi connectivity index (χ0n) is 13.7. The van der Waals surface area contributed by atoms with E-state index in [0.717, 1.165) is 12.5 Å². The highest BCUT2D eigenvalue weighted by Gasteiger charge is 2.30. The smallest absolute Gasteiger partial charge is 0.00470 e. The summed E-state index contributed by atoms with van der Waals surface area (Å²) in [6.07, 6.45) is 6.60. The number of nitrogens with one attached hydrogen (secondary N) is 1. The molecule has 0 bridgehead atoms. The van der Waals surface area contributed by atoms with Gasteiger partial charge in [0.1, 0.15) is 0 Å². The van der Waals surface area contributed by atoms with Crippen molar-refractivity contribution < 1.29 is 0 Å². The standard InChI is InChI=1S/C19H31N/c1-5-13-20-15(2)14-19(3,4)18-12-7-6-11-17(18)16-9-8-10-16/h6-7,11-12,15-16,20H,5,8-10,13-14H2,1-4H3. The molecule has 112 valence electrons. The van der Waals surface area contributed by atoms with Gasteiger partial charge in [0.15, 0.2) is 0 Å². The van der Waals surface area contributed by atoms with Crippen LogP contribution in [0.3, 0.4) is 0 Å². The first-order chi connectivity index (χ1) is 9.54. The summed E-state index contributed by atoms with van der Waals surface area (Å²) in [5.74, 6) is 0.824. The second-order valence-electron chi connectivity index (χ2n) is 7.16. The van der Waals surface area contributed by atoms with Crippen molar-refractivity contribution in [3.05, 3.63) is 35.4 Å². The first-order valence-electron chi connectivity index (χ1n) is 8.37. The maximum absolute atomic E-state index is 3.63. The van der Waals surface area contributed by atoms with E-state index >= 15 is 0 Å². The molecule has 1 aromatic rings. The van der Waals surface area contributed by atoms with Crippen molar-refractivity contribution in [1.29, 1.82) is 0 Å². The van der Waals surface area contributed by atoms with Crippen molar-refractivity contribution in [3.8, 4) is 0 Å². The van der Waals surface area contributed by atoms with Gasteiger partial charge < -0.3 is 5.32 Å². The Morgan fingerprint density at radius 3 is 2.55 bits per heavy atom. The SMILES string of the molecule is CCCNC(C)CC(C)(C)c1ccccc1C1CCC1. The highest BCUT2D eigenvalue weighted by atomic mass is 14.9. The van der Waals surface area contributed by atoms with E-state index < -0.39 is 0 Å². The second-order valence-corrected chi connectivity index (χ2v) is 7.16. The molecule has 0 saturated heterocycles. The zero-order chi connectivity index (χ0) is 14.6. The third-order valence-corrected chi connectivity index (χ3v) is 4.79. The number of hydrogen-bond acceptors (Lipinski definition) is 1. The molecular formula is C19H31N. The Morgan fingerprint density at radius 2 is 1.95 bits per heavy atom. The molecule has 1 fully saturated rings. The summed E-state index contributed by atoms with van der Waals surface area (Å²) >= 11 is 0. The maximum Gasteiger partial charge on any atom is 0.00470 e. The van der Waals surface area contributed by atoms with Crippen LogP contribution in [0.5, 0.6) is 0 Å². The second kappa shape index (κ2) is 6.76. The molecule has 1 N–H and O–H groups in total. The van der Waals surface area contributed by atoms with Gasteiger partial charge >= 0.3 is 0 Å². The lowest BCUT2D eigenvalue weighted by Gasteiger charge is -2.35. The molecule has 0 aliphatic heterocycles. The van der Waals surface area contributed by atoms with E-state index in [-0.39, 0.29) is 5.41 Å². The Balaban J connectivity index is 2.11. The minimum absolute atomic E-state index is 0.256. The molecule has 1 aliphatic carbocycles. The predicted molar refractivity (Wildman–Crippen MR) is 88.4 cm³/mol. The Bertz CT molecular complexity index is 418. The molecule has 0 amide bonds. The summed E-state index contributed by atoms with van der Waals surface area (Å²) < 4.78 is 0. The quantitative estimate of drug-likeness (QED) is 0.736. The van der Waals surface area contributed by atoms with Crippen molar-refractivity contribution in [2.24, 2.45) is 0 Å². The third kappa shape index (κ3) is 3.63. The molecule has 1 heteroatoms. The van der Waals surface area contributed by atoms with Gasteiger partial charge in [0, 0.05) is 6.04 Å². The van der Waals surface area contributed by atoms with Crippen LogP contribution in [0.15, 0.2) is 24.3 Å². The van der Waals surface area contributed by atoms with Crippen LogP contribution in [-0.4, -0.2) is 12.6 Å². The minimum Gasteiger partial charge on any atom is -0.314 e. The van der Waals surface area contributed by atoms with E-state index in [9.17, 15) is 0 Å². The summed E-state index contributed by atoms with van der Waals surface area (Å²) in [6.45, 7) is 10.5. The molecule has 2 rings (SSSR count). The van der Waals surface area contributed by atoms with Crippen LogP contribution in [0.1, 0.15) is 76.8 Å². The van der Waals surface area contributed by atoms with Crippen LogP contribution in [0.25, 0.3) is 0 Å². The Hall–Kier alpha value is -0.820. The third-order valence-electron chi connectivity index (χ3n) is 4.79. The molecule has 1 atom stereocenters. The van der Waals surface area contributed by atoms with Gasteiger partial charge in [0.2, 0.25) is 0 Å². The van der Waals surface area contributed by atoms with Gasteiger partial charge in [-0.1, -0.05) is 51.5 Å². The predicted octanol–water partition coefficient (Wildman–Crippen LogP) is 5.01. The molecule has 20 heavy (non-hydrogen) atoms. The lowest BCUT2D eigenvalue weighted by Crippen LogP contribution is -2.34. The Labute approximate surface area is 125 Å². The van der Waals surface area contributed by atoms with Crippen molar-refractivity contribution in [1.82, 2.24) is 5.32 Å². The van der Waals surface area contributed by atoms with Crippen LogP contribution in [0.2, 0.25) is 0 Å². The summed E-state index contributed by atoms with van der Waals surface area (Å²) in [4.78, 5) is 0. The minimum atomic E-state index is 0.256.